The van der Waals surface area contributed by atoms with E-state index in [0.717, 1.165) is 23.4 Å². The Morgan fingerprint density at radius 1 is 0.938 bits per heavy atom. The molecule has 1 aliphatic rings. The fourth-order valence-corrected chi connectivity index (χ4v) is 4.44. The maximum Gasteiger partial charge on any atom is 0.257 e. The van der Waals surface area contributed by atoms with Crippen LogP contribution in [0, 0.1) is 0 Å². The molecule has 4 aromatic rings. The molecule has 5 rings (SSSR count). The van der Waals surface area contributed by atoms with Crippen LogP contribution in [-0.2, 0) is 0 Å². The predicted octanol–water partition coefficient (Wildman–Crippen LogP) is 5.52. The molecule has 3 aromatic carbocycles. The number of amides is 1. The van der Waals surface area contributed by atoms with E-state index in [-0.39, 0.29) is 24.0 Å². The van der Waals surface area contributed by atoms with Crippen LogP contribution in [0.2, 0.25) is 0 Å². The summed E-state index contributed by atoms with van der Waals surface area (Å²) < 4.78 is 1.92. The summed E-state index contributed by atoms with van der Waals surface area (Å²) in [5.41, 5.74) is 3.85. The Labute approximate surface area is 188 Å². The van der Waals surface area contributed by atoms with E-state index in [9.17, 15) is 4.79 Å². The summed E-state index contributed by atoms with van der Waals surface area (Å²) in [5.74, 6) is 0.632. The molecule has 0 bridgehead atoms. The van der Waals surface area contributed by atoms with Gasteiger partial charge in [-0.2, -0.15) is 5.10 Å². The van der Waals surface area contributed by atoms with Crippen LogP contribution in [0.5, 0.6) is 0 Å². The molecule has 0 aliphatic carbocycles. The number of carbonyl (C=O) groups excluding carboxylic acids is 1. The molecule has 2 N–H and O–H groups in total. The largest absolute Gasteiger partial charge is 0.363 e. The molecular weight excluding hydrogens is 396 g/mol. The molecule has 5 heteroatoms. The molecule has 1 amide bonds. The van der Waals surface area contributed by atoms with Crippen LogP contribution < -0.4 is 10.6 Å². The smallest absolute Gasteiger partial charge is 0.257 e. The molecule has 0 saturated heterocycles. The molecule has 5 nitrogen and oxygen atoms in total. The summed E-state index contributed by atoms with van der Waals surface area (Å²) in [5, 5.41) is 11.3. The van der Waals surface area contributed by atoms with Crippen molar-refractivity contribution in [1.82, 2.24) is 15.1 Å². The fraction of sp³-hybridized carbons (Fsp3) is 0.185. The molecule has 32 heavy (non-hydrogen) atoms. The average molecular weight is 423 g/mol. The first kappa shape index (κ1) is 20.1. The Morgan fingerprint density at radius 2 is 1.50 bits per heavy atom. The highest BCUT2D eigenvalue weighted by Crippen LogP contribution is 2.36. The summed E-state index contributed by atoms with van der Waals surface area (Å²) in [6.07, 6.45) is 2.59. The van der Waals surface area contributed by atoms with E-state index < -0.39 is 0 Å². The molecule has 0 spiro atoms. The van der Waals surface area contributed by atoms with Crippen LogP contribution in [0.3, 0.4) is 0 Å². The Balaban J connectivity index is 1.45. The Bertz CT molecular complexity index is 1150. The van der Waals surface area contributed by atoms with Gasteiger partial charge >= 0.3 is 0 Å². The molecule has 1 aromatic heterocycles. The van der Waals surface area contributed by atoms with Crippen molar-refractivity contribution >= 4 is 11.7 Å². The van der Waals surface area contributed by atoms with Gasteiger partial charge in [0.2, 0.25) is 0 Å². The number of nitrogens with zero attached hydrogens (tertiary/aromatic N) is 2. The first-order valence-corrected chi connectivity index (χ1v) is 11.0. The first-order chi connectivity index (χ1) is 15.7. The second-order valence-electron chi connectivity index (χ2n) is 8.27. The standard InChI is InChI=1S/C27H26N4O/c1-19-17-24(20-11-5-2-6-12-20)29-26-23(18-28-31(19)26)27(32)30-25(21-13-7-3-8-14-21)22-15-9-4-10-16-22/h2-16,18-19,24-25,29H,17H2,1H3,(H,30,32). The van der Waals surface area contributed by atoms with E-state index in [1.54, 1.807) is 6.20 Å². The van der Waals surface area contributed by atoms with Crippen molar-refractivity contribution in [3.63, 3.8) is 0 Å². The summed E-state index contributed by atoms with van der Waals surface area (Å²) in [6, 6.07) is 30.5. The number of carbonyl (C=O) groups is 1. The highest BCUT2D eigenvalue weighted by molar-refractivity contribution is 5.99. The number of fused-ring (bicyclic) bond motifs is 1. The number of nitrogens with one attached hydrogen (secondary N) is 2. The normalized spacial score (nSPS) is 17.4. The molecule has 2 unspecified atom stereocenters. The molecule has 0 radical (unpaired) electrons. The van der Waals surface area contributed by atoms with Gasteiger partial charge in [-0.05, 0) is 30.0 Å². The van der Waals surface area contributed by atoms with E-state index in [4.69, 9.17) is 0 Å². The lowest BCUT2D eigenvalue weighted by Crippen LogP contribution is -2.31. The molecule has 160 valence electrons. The highest BCUT2D eigenvalue weighted by Gasteiger charge is 2.30. The van der Waals surface area contributed by atoms with Gasteiger partial charge < -0.3 is 10.6 Å². The van der Waals surface area contributed by atoms with E-state index in [2.05, 4.69) is 34.8 Å². The topological polar surface area (TPSA) is 59.0 Å². The third kappa shape index (κ3) is 3.89. The van der Waals surface area contributed by atoms with Gasteiger partial charge in [0.1, 0.15) is 11.4 Å². The van der Waals surface area contributed by atoms with Crippen molar-refractivity contribution in [2.75, 3.05) is 5.32 Å². The Morgan fingerprint density at radius 3 is 2.09 bits per heavy atom. The van der Waals surface area contributed by atoms with Crippen molar-refractivity contribution in [1.29, 1.82) is 0 Å². The Hall–Kier alpha value is -3.86. The summed E-state index contributed by atoms with van der Waals surface area (Å²) in [6.45, 7) is 2.14. The minimum Gasteiger partial charge on any atom is -0.363 e. The molecule has 2 heterocycles. The van der Waals surface area contributed by atoms with Crippen LogP contribution in [-0.4, -0.2) is 15.7 Å². The van der Waals surface area contributed by atoms with Gasteiger partial charge in [-0.25, -0.2) is 4.68 Å². The lowest BCUT2D eigenvalue weighted by Gasteiger charge is -2.31. The maximum atomic E-state index is 13.5. The minimum absolute atomic E-state index is 0.140. The highest BCUT2D eigenvalue weighted by atomic mass is 16.1. The van der Waals surface area contributed by atoms with Gasteiger partial charge in [0.05, 0.1) is 24.3 Å². The first-order valence-electron chi connectivity index (χ1n) is 11.0. The molecule has 2 atom stereocenters. The van der Waals surface area contributed by atoms with Crippen molar-refractivity contribution in [3.8, 4) is 0 Å². The average Bonchev–Trinajstić information content (AvgIpc) is 3.29. The Kier molecular flexibility index (Phi) is 5.46. The minimum atomic E-state index is -0.244. The fourth-order valence-electron chi connectivity index (χ4n) is 4.44. The van der Waals surface area contributed by atoms with E-state index >= 15 is 0 Å². The van der Waals surface area contributed by atoms with Gasteiger partial charge in [0.25, 0.3) is 5.91 Å². The molecular formula is C27H26N4O. The van der Waals surface area contributed by atoms with Crippen molar-refractivity contribution in [2.24, 2.45) is 0 Å². The predicted molar refractivity (Wildman–Crippen MR) is 127 cm³/mol. The van der Waals surface area contributed by atoms with Crippen LogP contribution in [0.4, 0.5) is 5.82 Å². The lowest BCUT2D eigenvalue weighted by atomic mass is 9.97. The second kappa shape index (κ2) is 8.71. The van der Waals surface area contributed by atoms with Crippen molar-refractivity contribution < 1.29 is 4.79 Å². The number of anilines is 1. The molecule has 1 aliphatic heterocycles. The third-order valence-corrected chi connectivity index (χ3v) is 6.09. The maximum absolute atomic E-state index is 13.5. The number of rotatable bonds is 5. The van der Waals surface area contributed by atoms with Crippen LogP contribution in [0.1, 0.15) is 58.5 Å². The third-order valence-electron chi connectivity index (χ3n) is 6.09. The zero-order chi connectivity index (χ0) is 21.9. The zero-order valence-corrected chi connectivity index (χ0v) is 18.0. The second-order valence-corrected chi connectivity index (χ2v) is 8.27. The monoisotopic (exact) mass is 422 g/mol. The number of hydrogen-bond acceptors (Lipinski definition) is 3. The van der Waals surface area contributed by atoms with Crippen molar-refractivity contribution in [2.45, 2.75) is 31.5 Å². The summed E-state index contributed by atoms with van der Waals surface area (Å²) >= 11 is 0. The number of aromatic nitrogens is 2. The quantitative estimate of drug-likeness (QED) is 0.445. The summed E-state index contributed by atoms with van der Waals surface area (Å²) in [4.78, 5) is 13.5. The van der Waals surface area contributed by atoms with Crippen LogP contribution >= 0.6 is 0 Å². The van der Waals surface area contributed by atoms with Crippen LogP contribution in [0.25, 0.3) is 0 Å². The number of benzene rings is 3. The van der Waals surface area contributed by atoms with E-state index in [0.29, 0.717) is 5.56 Å². The van der Waals surface area contributed by atoms with E-state index in [1.807, 2.05) is 83.5 Å². The molecule has 0 saturated carbocycles. The lowest BCUT2D eigenvalue weighted by molar-refractivity contribution is 0.0943. The van der Waals surface area contributed by atoms with Gasteiger partial charge in [-0.3, -0.25) is 4.79 Å². The van der Waals surface area contributed by atoms with Crippen molar-refractivity contribution in [3.05, 3.63) is 119 Å². The van der Waals surface area contributed by atoms with Gasteiger partial charge in [-0.15, -0.1) is 0 Å². The summed E-state index contributed by atoms with van der Waals surface area (Å²) in [7, 11) is 0. The molecule has 0 fully saturated rings. The van der Waals surface area contributed by atoms with Gasteiger partial charge in [-0.1, -0.05) is 91.0 Å². The van der Waals surface area contributed by atoms with Crippen LogP contribution in [0.15, 0.2) is 97.2 Å². The zero-order valence-electron chi connectivity index (χ0n) is 18.0. The number of hydrogen-bond donors (Lipinski definition) is 2. The SMILES string of the molecule is CC1CC(c2ccccc2)Nc2c(C(=O)NC(c3ccccc3)c3ccccc3)cnn21. The van der Waals surface area contributed by atoms with E-state index in [1.165, 1.54) is 5.56 Å². The van der Waals surface area contributed by atoms with Gasteiger partial charge in [0, 0.05) is 0 Å². The van der Waals surface area contributed by atoms with Gasteiger partial charge in [0.15, 0.2) is 0 Å².